The fourth-order valence-electron chi connectivity index (χ4n) is 4.25. The van der Waals surface area contributed by atoms with Gasteiger partial charge in [-0.25, -0.2) is 9.78 Å². The van der Waals surface area contributed by atoms with Crippen molar-refractivity contribution < 1.29 is 28.6 Å². The van der Waals surface area contributed by atoms with Gasteiger partial charge in [0, 0.05) is 35.7 Å². The quantitative estimate of drug-likeness (QED) is 0.143. The van der Waals surface area contributed by atoms with Crippen molar-refractivity contribution in [1.82, 2.24) is 10.3 Å². The Hall–Kier alpha value is -4.85. The van der Waals surface area contributed by atoms with E-state index >= 15 is 0 Å². The molecule has 0 bridgehead atoms. The molecular weight excluding hydrogens is 520 g/mol. The van der Waals surface area contributed by atoms with Crippen molar-refractivity contribution in [2.75, 3.05) is 13.7 Å². The highest BCUT2D eigenvalue weighted by atomic mass is 16.5. The minimum Gasteiger partial charge on any atom is -0.497 e. The lowest BCUT2D eigenvalue weighted by molar-refractivity contribution is -0.139. The van der Waals surface area contributed by atoms with Crippen LogP contribution in [0.3, 0.4) is 0 Å². The third kappa shape index (κ3) is 8.08. The molecule has 0 aliphatic heterocycles. The van der Waals surface area contributed by atoms with E-state index in [1.807, 2.05) is 68.4 Å². The third-order valence-corrected chi connectivity index (χ3v) is 6.60. The number of methoxy groups -OCH3 is 1. The lowest BCUT2D eigenvalue weighted by Crippen LogP contribution is -2.38. The van der Waals surface area contributed by atoms with Crippen molar-refractivity contribution in [2.45, 2.75) is 39.2 Å². The molecule has 4 rings (SSSR count). The van der Waals surface area contributed by atoms with E-state index in [1.54, 1.807) is 31.4 Å². The van der Waals surface area contributed by atoms with Crippen molar-refractivity contribution in [3.63, 3.8) is 0 Å². The summed E-state index contributed by atoms with van der Waals surface area (Å²) in [7, 11) is 1.62. The molecule has 0 amide bonds. The number of carbonyl (C=O) groups is 2. The summed E-state index contributed by atoms with van der Waals surface area (Å²) in [5.41, 5.74) is 3.66. The molecule has 1 atom stereocenters. The van der Waals surface area contributed by atoms with E-state index in [1.165, 1.54) is 6.08 Å². The molecule has 0 aliphatic carbocycles. The van der Waals surface area contributed by atoms with Crippen LogP contribution in [0.15, 0.2) is 95.1 Å². The van der Waals surface area contributed by atoms with Gasteiger partial charge in [0.15, 0.2) is 5.78 Å². The Morgan fingerprint density at radius 3 is 2.32 bits per heavy atom. The maximum atomic E-state index is 12.6. The van der Waals surface area contributed by atoms with Crippen LogP contribution in [-0.2, 0) is 17.6 Å². The van der Waals surface area contributed by atoms with Crippen LogP contribution >= 0.6 is 0 Å². The highest BCUT2D eigenvalue weighted by Gasteiger charge is 2.19. The molecule has 0 saturated heterocycles. The maximum Gasteiger partial charge on any atom is 0.326 e. The number of rotatable bonds is 14. The lowest BCUT2D eigenvalue weighted by Gasteiger charge is -2.18. The molecular formula is C33H34N2O6. The zero-order valence-electron chi connectivity index (χ0n) is 23.4. The summed E-state index contributed by atoms with van der Waals surface area (Å²) in [5, 5.41) is 12.8. The molecule has 1 aromatic heterocycles. The SMILES string of the molecule is CCC(=CC(=O)c1ccccc1)N[C@@H](Cc1ccc(OCCc2nc(-c3ccc(OC)cc3)oc2C)cc1)C(=O)O. The predicted molar refractivity (Wildman–Crippen MR) is 156 cm³/mol. The van der Waals surface area contributed by atoms with E-state index in [-0.39, 0.29) is 12.2 Å². The van der Waals surface area contributed by atoms with Gasteiger partial charge in [-0.3, -0.25) is 4.79 Å². The van der Waals surface area contributed by atoms with Gasteiger partial charge in [0.2, 0.25) is 5.89 Å². The first-order valence-corrected chi connectivity index (χ1v) is 13.5. The van der Waals surface area contributed by atoms with Gasteiger partial charge in [0.05, 0.1) is 19.4 Å². The van der Waals surface area contributed by atoms with Crippen LogP contribution in [0.5, 0.6) is 11.5 Å². The minimum absolute atomic E-state index is 0.168. The third-order valence-electron chi connectivity index (χ3n) is 6.60. The number of aryl methyl sites for hydroxylation is 1. The smallest absolute Gasteiger partial charge is 0.326 e. The van der Waals surface area contributed by atoms with Gasteiger partial charge >= 0.3 is 5.97 Å². The summed E-state index contributed by atoms with van der Waals surface area (Å²) in [6, 6.07) is 22.9. The van der Waals surface area contributed by atoms with Crippen molar-refractivity contribution in [3.8, 4) is 23.0 Å². The second-order valence-corrected chi connectivity index (χ2v) is 9.49. The van der Waals surface area contributed by atoms with Crippen molar-refractivity contribution in [2.24, 2.45) is 0 Å². The van der Waals surface area contributed by atoms with Crippen LogP contribution in [0, 0.1) is 6.92 Å². The Balaban J connectivity index is 1.31. The number of aliphatic carboxylic acids is 1. The van der Waals surface area contributed by atoms with Crippen LogP contribution < -0.4 is 14.8 Å². The molecule has 212 valence electrons. The normalized spacial score (nSPS) is 12.0. The number of benzene rings is 3. The number of nitrogens with zero attached hydrogens (tertiary/aromatic N) is 1. The maximum absolute atomic E-state index is 12.6. The first-order chi connectivity index (χ1) is 19.9. The molecule has 0 fully saturated rings. The highest BCUT2D eigenvalue weighted by Crippen LogP contribution is 2.24. The Morgan fingerprint density at radius 1 is 1.00 bits per heavy atom. The van der Waals surface area contributed by atoms with Gasteiger partial charge in [-0.15, -0.1) is 0 Å². The van der Waals surface area contributed by atoms with Crippen LogP contribution in [0.2, 0.25) is 0 Å². The first-order valence-electron chi connectivity index (χ1n) is 13.5. The number of ketones is 1. The zero-order chi connectivity index (χ0) is 29.2. The van der Waals surface area contributed by atoms with Gasteiger partial charge in [0.25, 0.3) is 0 Å². The summed E-state index contributed by atoms with van der Waals surface area (Å²) in [6.45, 7) is 4.17. The van der Waals surface area contributed by atoms with E-state index in [0.717, 1.165) is 28.3 Å². The van der Waals surface area contributed by atoms with Gasteiger partial charge < -0.3 is 24.3 Å². The molecule has 8 nitrogen and oxygen atoms in total. The average Bonchev–Trinajstić information content (AvgIpc) is 3.37. The molecule has 2 N–H and O–H groups in total. The van der Waals surface area contributed by atoms with Gasteiger partial charge in [-0.2, -0.15) is 0 Å². The Labute approximate surface area is 239 Å². The van der Waals surface area contributed by atoms with Crippen LogP contribution in [0.4, 0.5) is 0 Å². The van der Waals surface area contributed by atoms with Crippen molar-refractivity contribution >= 4 is 11.8 Å². The Bertz CT molecular complexity index is 1470. The number of carboxylic acid groups (broad SMARTS) is 1. The molecule has 1 heterocycles. The summed E-state index contributed by atoms with van der Waals surface area (Å²) in [4.78, 5) is 29.2. The molecule has 0 spiro atoms. The zero-order valence-corrected chi connectivity index (χ0v) is 23.4. The van der Waals surface area contributed by atoms with Crippen molar-refractivity contribution in [3.05, 3.63) is 113 Å². The first kappa shape index (κ1) is 29.1. The number of carboxylic acids is 1. The molecule has 8 heteroatoms. The van der Waals surface area contributed by atoms with E-state index in [9.17, 15) is 14.7 Å². The molecule has 0 unspecified atom stereocenters. The Kier molecular flexibility index (Phi) is 9.94. The number of aromatic nitrogens is 1. The number of hydrogen-bond acceptors (Lipinski definition) is 7. The number of ether oxygens (including phenoxy) is 2. The second kappa shape index (κ2) is 14.0. The van der Waals surface area contributed by atoms with Crippen molar-refractivity contribution in [1.29, 1.82) is 0 Å². The van der Waals surface area contributed by atoms with Gasteiger partial charge in [0.1, 0.15) is 23.3 Å². The van der Waals surface area contributed by atoms with E-state index in [0.29, 0.717) is 42.3 Å². The average molecular weight is 555 g/mol. The number of hydrogen-bond donors (Lipinski definition) is 2. The molecule has 0 radical (unpaired) electrons. The largest absolute Gasteiger partial charge is 0.497 e. The molecule has 4 aromatic rings. The second-order valence-electron chi connectivity index (χ2n) is 9.49. The fourth-order valence-corrected chi connectivity index (χ4v) is 4.25. The topological polar surface area (TPSA) is 111 Å². The summed E-state index contributed by atoms with van der Waals surface area (Å²) < 4.78 is 17.0. The lowest BCUT2D eigenvalue weighted by atomic mass is 10.0. The van der Waals surface area contributed by atoms with E-state index < -0.39 is 12.0 Å². The van der Waals surface area contributed by atoms with Crippen LogP contribution in [-0.4, -0.2) is 41.6 Å². The van der Waals surface area contributed by atoms with Crippen LogP contribution in [0.25, 0.3) is 11.5 Å². The Morgan fingerprint density at radius 2 is 1.68 bits per heavy atom. The number of nitrogens with one attached hydrogen (secondary N) is 1. The molecule has 0 saturated carbocycles. The number of oxazole rings is 1. The standard InChI is InChI=1S/C33H34N2O6/c1-4-26(21-31(36)24-8-6-5-7-9-24)34-30(33(37)38)20-23-10-14-28(15-11-23)40-19-18-29-22(2)41-32(35-29)25-12-16-27(39-3)17-13-25/h5-17,21,30,34H,4,18-20H2,1-3H3,(H,37,38)/t30-/m0/s1. The van der Waals surface area contributed by atoms with Gasteiger partial charge in [-0.1, -0.05) is 49.4 Å². The number of allylic oxidation sites excluding steroid dienone is 2. The van der Waals surface area contributed by atoms with E-state index in [4.69, 9.17) is 13.9 Å². The molecule has 41 heavy (non-hydrogen) atoms. The predicted octanol–water partition coefficient (Wildman–Crippen LogP) is 6.04. The fraction of sp³-hybridized carbons (Fsp3) is 0.242. The minimum atomic E-state index is -0.992. The van der Waals surface area contributed by atoms with Crippen LogP contribution in [0.1, 0.15) is 40.7 Å². The molecule has 3 aromatic carbocycles. The highest BCUT2D eigenvalue weighted by molar-refractivity contribution is 6.04. The molecule has 0 aliphatic rings. The van der Waals surface area contributed by atoms with E-state index in [2.05, 4.69) is 10.3 Å². The monoisotopic (exact) mass is 554 g/mol. The summed E-state index contributed by atoms with van der Waals surface area (Å²) in [6.07, 6.45) is 2.80. The summed E-state index contributed by atoms with van der Waals surface area (Å²) in [5.74, 6) is 1.58. The summed E-state index contributed by atoms with van der Waals surface area (Å²) >= 11 is 0. The number of carbonyl (C=O) groups excluding carboxylic acids is 1. The van der Waals surface area contributed by atoms with Gasteiger partial charge in [-0.05, 0) is 55.3 Å².